The van der Waals surface area contributed by atoms with E-state index in [1.54, 1.807) is 0 Å². The van der Waals surface area contributed by atoms with Gasteiger partial charge >= 0.3 is 0 Å². The van der Waals surface area contributed by atoms with Gasteiger partial charge in [0.15, 0.2) is 9.84 Å². The van der Waals surface area contributed by atoms with E-state index in [9.17, 15) is 8.42 Å². The van der Waals surface area contributed by atoms with Gasteiger partial charge in [0.05, 0.1) is 24.6 Å². The highest BCUT2D eigenvalue weighted by atomic mass is 32.2. The van der Waals surface area contributed by atoms with Gasteiger partial charge in [-0.15, -0.1) is 0 Å². The molecule has 5 nitrogen and oxygen atoms in total. The van der Waals surface area contributed by atoms with Crippen LogP contribution in [0.3, 0.4) is 0 Å². The van der Waals surface area contributed by atoms with Gasteiger partial charge in [-0.2, -0.15) is 0 Å². The SMILES string of the molecule is CC(C)NCc1ccc(CN2CCCS(=O)(=O)CC2)o1. The quantitative estimate of drug-likeness (QED) is 0.890. The molecule has 1 aromatic rings. The summed E-state index contributed by atoms with van der Waals surface area (Å²) in [6, 6.07) is 4.40. The van der Waals surface area contributed by atoms with Crippen LogP contribution in [0.1, 0.15) is 31.8 Å². The Labute approximate surface area is 121 Å². The predicted molar refractivity (Wildman–Crippen MR) is 79.2 cm³/mol. The van der Waals surface area contributed by atoms with Crippen molar-refractivity contribution in [1.29, 1.82) is 0 Å². The number of hydrogen-bond donors (Lipinski definition) is 1. The maximum Gasteiger partial charge on any atom is 0.151 e. The molecule has 0 aromatic carbocycles. The number of hydrogen-bond acceptors (Lipinski definition) is 5. The van der Waals surface area contributed by atoms with Crippen molar-refractivity contribution in [2.45, 2.75) is 39.4 Å². The fourth-order valence-corrected chi connectivity index (χ4v) is 3.59. The second kappa shape index (κ2) is 6.74. The van der Waals surface area contributed by atoms with Gasteiger partial charge in [0.25, 0.3) is 0 Å². The lowest BCUT2D eigenvalue weighted by atomic mass is 10.3. The van der Waals surface area contributed by atoms with Gasteiger partial charge in [-0.25, -0.2) is 8.42 Å². The van der Waals surface area contributed by atoms with E-state index >= 15 is 0 Å². The number of rotatable bonds is 5. The van der Waals surface area contributed by atoms with E-state index < -0.39 is 9.84 Å². The van der Waals surface area contributed by atoms with Crippen molar-refractivity contribution in [3.63, 3.8) is 0 Å². The summed E-state index contributed by atoms with van der Waals surface area (Å²) in [5, 5.41) is 3.31. The summed E-state index contributed by atoms with van der Waals surface area (Å²) in [6.07, 6.45) is 0.713. The maximum absolute atomic E-state index is 11.6. The molecule has 1 aliphatic heterocycles. The van der Waals surface area contributed by atoms with Gasteiger partial charge in [-0.05, 0) is 25.1 Å². The molecular weight excluding hydrogens is 276 g/mol. The van der Waals surface area contributed by atoms with Crippen molar-refractivity contribution < 1.29 is 12.8 Å². The van der Waals surface area contributed by atoms with Gasteiger partial charge in [-0.3, -0.25) is 4.90 Å². The Balaban J connectivity index is 1.87. The molecular formula is C14H24N2O3S. The summed E-state index contributed by atoms with van der Waals surface area (Å²) < 4.78 is 28.9. The van der Waals surface area contributed by atoms with Crippen LogP contribution in [-0.2, 0) is 22.9 Å². The van der Waals surface area contributed by atoms with Crippen LogP contribution in [0.2, 0.25) is 0 Å². The molecule has 20 heavy (non-hydrogen) atoms. The molecule has 1 aromatic heterocycles. The lowest BCUT2D eigenvalue weighted by Gasteiger charge is -2.17. The molecule has 0 radical (unpaired) electrons. The largest absolute Gasteiger partial charge is 0.463 e. The standard InChI is InChI=1S/C14H24N2O3S/c1-12(2)15-10-13-4-5-14(19-13)11-16-6-3-8-20(17,18)9-7-16/h4-5,12,15H,3,6-11H2,1-2H3. The van der Waals surface area contributed by atoms with E-state index in [2.05, 4.69) is 24.1 Å². The third-order valence-corrected chi connectivity index (χ3v) is 5.14. The monoisotopic (exact) mass is 300 g/mol. The van der Waals surface area contributed by atoms with Crippen LogP contribution in [0.4, 0.5) is 0 Å². The first-order valence-corrected chi connectivity index (χ1v) is 9.00. The molecule has 0 bridgehead atoms. The molecule has 2 heterocycles. The van der Waals surface area contributed by atoms with Gasteiger partial charge in [0.1, 0.15) is 11.5 Å². The molecule has 0 amide bonds. The fraction of sp³-hybridized carbons (Fsp3) is 0.714. The summed E-state index contributed by atoms with van der Waals surface area (Å²) >= 11 is 0. The second-order valence-corrected chi connectivity index (χ2v) is 7.99. The molecule has 0 unspecified atom stereocenters. The Morgan fingerprint density at radius 3 is 2.75 bits per heavy atom. The van der Waals surface area contributed by atoms with Crippen molar-refractivity contribution in [2.75, 3.05) is 24.6 Å². The van der Waals surface area contributed by atoms with Gasteiger partial charge < -0.3 is 9.73 Å². The van der Waals surface area contributed by atoms with Crippen molar-refractivity contribution >= 4 is 9.84 Å². The third kappa shape index (κ3) is 4.92. The van der Waals surface area contributed by atoms with E-state index in [0.29, 0.717) is 31.3 Å². The third-order valence-electron chi connectivity index (χ3n) is 3.43. The molecule has 1 fully saturated rings. The number of nitrogens with one attached hydrogen (secondary N) is 1. The Hall–Kier alpha value is -0.850. The van der Waals surface area contributed by atoms with Crippen LogP contribution in [0, 0.1) is 0 Å². The summed E-state index contributed by atoms with van der Waals surface area (Å²) in [6.45, 7) is 7.04. The Kier molecular flexibility index (Phi) is 5.23. The van der Waals surface area contributed by atoms with E-state index in [1.807, 2.05) is 12.1 Å². The highest BCUT2D eigenvalue weighted by Gasteiger charge is 2.19. The topological polar surface area (TPSA) is 62.6 Å². The van der Waals surface area contributed by atoms with Crippen LogP contribution >= 0.6 is 0 Å². The average molecular weight is 300 g/mol. The van der Waals surface area contributed by atoms with E-state index in [-0.39, 0.29) is 5.75 Å². The number of furan rings is 1. The van der Waals surface area contributed by atoms with Crippen LogP contribution in [-0.4, -0.2) is 44.0 Å². The van der Waals surface area contributed by atoms with E-state index in [1.165, 1.54) is 0 Å². The minimum absolute atomic E-state index is 0.259. The van der Waals surface area contributed by atoms with Gasteiger partial charge in [0.2, 0.25) is 0 Å². The van der Waals surface area contributed by atoms with Crippen LogP contribution in [0.15, 0.2) is 16.5 Å². The van der Waals surface area contributed by atoms with Crippen molar-refractivity contribution in [2.24, 2.45) is 0 Å². The summed E-state index contributed by atoms with van der Waals surface area (Å²) in [7, 11) is -2.84. The van der Waals surface area contributed by atoms with E-state index in [0.717, 1.165) is 24.6 Å². The minimum atomic E-state index is -2.84. The zero-order chi connectivity index (χ0) is 14.6. The molecule has 1 N–H and O–H groups in total. The lowest BCUT2D eigenvalue weighted by molar-refractivity contribution is 0.258. The molecule has 114 valence electrons. The van der Waals surface area contributed by atoms with Crippen LogP contribution in [0.25, 0.3) is 0 Å². The smallest absolute Gasteiger partial charge is 0.151 e. The highest BCUT2D eigenvalue weighted by molar-refractivity contribution is 7.91. The van der Waals surface area contributed by atoms with E-state index in [4.69, 9.17) is 4.42 Å². The molecule has 1 aliphatic rings. The van der Waals surface area contributed by atoms with Crippen LogP contribution < -0.4 is 5.32 Å². The number of sulfone groups is 1. The van der Waals surface area contributed by atoms with Crippen LogP contribution in [0.5, 0.6) is 0 Å². The number of nitrogens with zero attached hydrogens (tertiary/aromatic N) is 1. The summed E-state index contributed by atoms with van der Waals surface area (Å²) in [5.41, 5.74) is 0. The average Bonchev–Trinajstić information content (AvgIpc) is 2.73. The summed E-state index contributed by atoms with van der Waals surface area (Å²) in [4.78, 5) is 2.16. The molecule has 0 spiro atoms. The van der Waals surface area contributed by atoms with Gasteiger partial charge in [-0.1, -0.05) is 13.8 Å². The summed E-state index contributed by atoms with van der Waals surface area (Å²) in [5.74, 6) is 2.40. The molecule has 0 saturated carbocycles. The first kappa shape index (κ1) is 15.5. The normalized spacial score (nSPS) is 20.1. The van der Waals surface area contributed by atoms with Crippen molar-refractivity contribution in [3.8, 4) is 0 Å². The van der Waals surface area contributed by atoms with Gasteiger partial charge in [0, 0.05) is 12.6 Å². The second-order valence-electron chi connectivity index (χ2n) is 5.69. The molecule has 6 heteroatoms. The Morgan fingerprint density at radius 2 is 2.00 bits per heavy atom. The first-order valence-electron chi connectivity index (χ1n) is 7.18. The predicted octanol–water partition coefficient (Wildman–Crippen LogP) is 1.40. The molecule has 1 saturated heterocycles. The highest BCUT2D eigenvalue weighted by Crippen LogP contribution is 2.13. The molecule has 2 rings (SSSR count). The maximum atomic E-state index is 11.6. The molecule has 0 aliphatic carbocycles. The fourth-order valence-electron chi connectivity index (χ4n) is 2.28. The minimum Gasteiger partial charge on any atom is -0.463 e. The lowest BCUT2D eigenvalue weighted by Crippen LogP contribution is -2.26. The Morgan fingerprint density at radius 1 is 1.25 bits per heavy atom. The molecule has 0 atom stereocenters. The zero-order valence-corrected chi connectivity index (χ0v) is 13.1. The first-order chi connectivity index (χ1) is 9.44. The van der Waals surface area contributed by atoms with Crippen molar-refractivity contribution in [3.05, 3.63) is 23.7 Å². The Bertz CT molecular complexity index is 522. The van der Waals surface area contributed by atoms with Crippen molar-refractivity contribution in [1.82, 2.24) is 10.2 Å². The zero-order valence-electron chi connectivity index (χ0n) is 12.3.